The van der Waals surface area contributed by atoms with Crippen molar-refractivity contribution in [2.45, 2.75) is 19.1 Å². The molecule has 1 rings (SSSR count). The van der Waals surface area contributed by atoms with Crippen molar-refractivity contribution in [1.82, 2.24) is 5.48 Å². The van der Waals surface area contributed by atoms with Gasteiger partial charge >= 0.3 is 6.18 Å². The maximum absolute atomic E-state index is 11.8. The maximum Gasteiger partial charge on any atom is 0.413 e. The van der Waals surface area contributed by atoms with Crippen molar-refractivity contribution < 1.29 is 28.2 Å². The van der Waals surface area contributed by atoms with Crippen LogP contribution in [0.2, 0.25) is 0 Å². The van der Waals surface area contributed by atoms with Crippen LogP contribution in [0.4, 0.5) is 13.2 Å². The molecular weight excluding hydrogens is 239 g/mol. The number of phenolic OH excluding ortho intramolecular Hbond substituents is 2. The Morgan fingerprint density at radius 2 is 2.00 bits per heavy atom. The fourth-order valence-corrected chi connectivity index (χ4v) is 1.21. The lowest BCUT2D eigenvalue weighted by Crippen LogP contribution is -2.26. The van der Waals surface area contributed by atoms with Gasteiger partial charge in [-0.05, 0) is 13.0 Å². The molecule has 0 saturated carbocycles. The van der Waals surface area contributed by atoms with Crippen LogP contribution in [0.1, 0.15) is 18.5 Å². The number of benzene rings is 1. The molecule has 0 aromatic heterocycles. The van der Waals surface area contributed by atoms with Gasteiger partial charge in [0.05, 0.1) is 6.04 Å². The second-order valence-electron chi connectivity index (χ2n) is 3.49. The van der Waals surface area contributed by atoms with Gasteiger partial charge in [0.1, 0.15) is 11.5 Å². The van der Waals surface area contributed by atoms with Gasteiger partial charge in [0, 0.05) is 11.6 Å². The number of hydrogen-bond acceptors (Lipinski definition) is 4. The quantitative estimate of drug-likeness (QED) is 0.718. The molecule has 0 aliphatic carbocycles. The van der Waals surface area contributed by atoms with Crippen LogP contribution in [0.25, 0.3) is 0 Å². The standard InChI is InChI=1S/C10H12F3NO3/c1-6(14-17-5-10(11,12)13)8-3-2-7(15)4-9(8)16/h2-4,6,14-16H,5H2,1H3. The Balaban J connectivity index is 2.55. The summed E-state index contributed by atoms with van der Waals surface area (Å²) in [5.74, 6) is -0.352. The van der Waals surface area contributed by atoms with Gasteiger partial charge in [0.2, 0.25) is 0 Å². The number of hydroxylamine groups is 1. The number of nitrogens with one attached hydrogen (secondary N) is 1. The highest BCUT2D eigenvalue weighted by Gasteiger charge is 2.28. The van der Waals surface area contributed by atoms with Crippen molar-refractivity contribution in [2.75, 3.05) is 6.61 Å². The van der Waals surface area contributed by atoms with Gasteiger partial charge < -0.3 is 10.2 Å². The van der Waals surface area contributed by atoms with E-state index in [0.29, 0.717) is 5.56 Å². The Hall–Kier alpha value is -1.47. The van der Waals surface area contributed by atoms with Crippen molar-refractivity contribution >= 4 is 0 Å². The average molecular weight is 251 g/mol. The van der Waals surface area contributed by atoms with E-state index in [1.165, 1.54) is 19.1 Å². The van der Waals surface area contributed by atoms with E-state index in [-0.39, 0.29) is 11.5 Å². The number of rotatable bonds is 4. The molecule has 1 atom stereocenters. The van der Waals surface area contributed by atoms with Crippen LogP contribution < -0.4 is 5.48 Å². The third-order valence-corrected chi connectivity index (χ3v) is 1.98. The molecule has 0 spiro atoms. The van der Waals surface area contributed by atoms with Crippen LogP contribution in [0.3, 0.4) is 0 Å². The summed E-state index contributed by atoms with van der Waals surface area (Å²) in [6.07, 6.45) is -4.41. The molecule has 0 amide bonds. The van der Waals surface area contributed by atoms with Crippen molar-refractivity contribution in [2.24, 2.45) is 0 Å². The number of halogens is 3. The van der Waals surface area contributed by atoms with Crippen LogP contribution in [0.5, 0.6) is 11.5 Å². The van der Waals surface area contributed by atoms with E-state index in [0.717, 1.165) is 6.07 Å². The first-order valence-electron chi connectivity index (χ1n) is 4.75. The van der Waals surface area contributed by atoms with Gasteiger partial charge in [0.25, 0.3) is 0 Å². The molecule has 1 aromatic rings. The van der Waals surface area contributed by atoms with Gasteiger partial charge in [-0.15, -0.1) is 0 Å². The van der Waals surface area contributed by atoms with Crippen molar-refractivity contribution in [3.8, 4) is 11.5 Å². The zero-order valence-corrected chi connectivity index (χ0v) is 8.95. The summed E-state index contributed by atoms with van der Waals surface area (Å²) in [5, 5.41) is 18.5. The normalized spacial score (nSPS) is 13.6. The summed E-state index contributed by atoms with van der Waals surface area (Å²) < 4.78 is 35.4. The highest BCUT2D eigenvalue weighted by atomic mass is 19.4. The Morgan fingerprint density at radius 1 is 1.35 bits per heavy atom. The van der Waals surface area contributed by atoms with Crippen LogP contribution in [0, 0.1) is 0 Å². The Morgan fingerprint density at radius 3 is 2.53 bits per heavy atom. The Bertz CT molecular complexity index is 382. The number of phenols is 2. The maximum atomic E-state index is 11.8. The molecule has 0 aliphatic heterocycles. The summed E-state index contributed by atoms with van der Waals surface area (Å²) in [6, 6.07) is 3.16. The van der Waals surface area contributed by atoms with Crippen LogP contribution in [0.15, 0.2) is 18.2 Å². The fourth-order valence-electron chi connectivity index (χ4n) is 1.21. The van der Waals surface area contributed by atoms with Crippen LogP contribution in [-0.4, -0.2) is 23.0 Å². The molecule has 4 nitrogen and oxygen atoms in total. The van der Waals surface area contributed by atoms with Crippen LogP contribution >= 0.6 is 0 Å². The third-order valence-electron chi connectivity index (χ3n) is 1.98. The van der Waals surface area contributed by atoms with Crippen molar-refractivity contribution in [1.29, 1.82) is 0 Å². The molecule has 0 heterocycles. The van der Waals surface area contributed by atoms with Gasteiger partial charge in [-0.1, -0.05) is 6.07 Å². The molecule has 0 aliphatic rings. The van der Waals surface area contributed by atoms with E-state index >= 15 is 0 Å². The Labute approximate surface area is 95.6 Å². The molecule has 1 aromatic carbocycles. The molecule has 0 saturated heterocycles. The molecule has 1 unspecified atom stereocenters. The van der Waals surface area contributed by atoms with Gasteiger partial charge in [-0.3, -0.25) is 4.84 Å². The molecule has 3 N–H and O–H groups in total. The second-order valence-corrected chi connectivity index (χ2v) is 3.49. The number of alkyl halides is 3. The molecule has 17 heavy (non-hydrogen) atoms. The molecule has 0 fully saturated rings. The summed E-state index contributed by atoms with van der Waals surface area (Å²) in [7, 11) is 0. The number of hydrogen-bond donors (Lipinski definition) is 3. The van der Waals surface area contributed by atoms with E-state index in [4.69, 9.17) is 5.11 Å². The third kappa shape index (κ3) is 4.49. The molecule has 96 valence electrons. The minimum absolute atomic E-state index is 0.130. The lowest BCUT2D eigenvalue weighted by atomic mass is 10.1. The summed E-state index contributed by atoms with van der Waals surface area (Å²) >= 11 is 0. The highest BCUT2D eigenvalue weighted by Crippen LogP contribution is 2.27. The zero-order valence-electron chi connectivity index (χ0n) is 8.95. The van der Waals surface area contributed by atoms with Crippen molar-refractivity contribution in [3.63, 3.8) is 0 Å². The smallest absolute Gasteiger partial charge is 0.413 e. The first-order chi connectivity index (χ1) is 7.79. The van der Waals surface area contributed by atoms with E-state index in [1.54, 1.807) is 0 Å². The molecule has 0 bridgehead atoms. The average Bonchev–Trinajstić information content (AvgIpc) is 2.15. The predicted molar refractivity (Wildman–Crippen MR) is 53.3 cm³/mol. The van der Waals surface area contributed by atoms with E-state index in [9.17, 15) is 18.3 Å². The molecule has 0 radical (unpaired) electrons. The predicted octanol–water partition coefficient (Wildman–Crippen LogP) is 2.24. The highest BCUT2D eigenvalue weighted by molar-refractivity contribution is 5.40. The SMILES string of the molecule is CC(NOCC(F)(F)F)c1ccc(O)cc1O. The first kappa shape index (κ1) is 13.6. The Kier molecular flexibility index (Phi) is 4.19. The van der Waals surface area contributed by atoms with E-state index in [1.807, 2.05) is 0 Å². The summed E-state index contributed by atoms with van der Waals surface area (Å²) in [5.41, 5.74) is 2.48. The van der Waals surface area contributed by atoms with Gasteiger partial charge in [-0.2, -0.15) is 18.7 Å². The topological polar surface area (TPSA) is 61.7 Å². The summed E-state index contributed by atoms with van der Waals surface area (Å²) in [4.78, 5) is 4.25. The second kappa shape index (κ2) is 5.24. The lowest BCUT2D eigenvalue weighted by Gasteiger charge is -2.16. The molecular formula is C10H12F3NO3. The minimum atomic E-state index is -4.41. The fraction of sp³-hybridized carbons (Fsp3) is 0.400. The molecule has 7 heteroatoms. The van der Waals surface area contributed by atoms with E-state index < -0.39 is 18.8 Å². The first-order valence-corrected chi connectivity index (χ1v) is 4.75. The number of aromatic hydroxyl groups is 2. The zero-order chi connectivity index (χ0) is 13.1. The minimum Gasteiger partial charge on any atom is -0.508 e. The van der Waals surface area contributed by atoms with Crippen molar-refractivity contribution in [3.05, 3.63) is 23.8 Å². The monoisotopic (exact) mass is 251 g/mol. The van der Waals surface area contributed by atoms with E-state index in [2.05, 4.69) is 10.3 Å². The largest absolute Gasteiger partial charge is 0.508 e. The lowest BCUT2D eigenvalue weighted by molar-refractivity contribution is -0.192. The van der Waals surface area contributed by atoms with Gasteiger partial charge in [-0.25, -0.2) is 0 Å². The summed E-state index contributed by atoms with van der Waals surface area (Å²) in [6.45, 7) is 0.0959. The van der Waals surface area contributed by atoms with Gasteiger partial charge in [0.15, 0.2) is 6.61 Å². The van der Waals surface area contributed by atoms with Crippen LogP contribution in [-0.2, 0) is 4.84 Å².